The Hall–Kier alpha value is -0.980. The number of rotatable bonds is 3. The second-order valence-corrected chi connectivity index (χ2v) is 3.21. The van der Waals surface area contributed by atoms with E-state index in [0.717, 1.165) is 12.8 Å². The highest BCUT2D eigenvalue weighted by Crippen LogP contribution is 2.14. The van der Waals surface area contributed by atoms with E-state index in [0.29, 0.717) is 6.61 Å². The van der Waals surface area contributed by atoms with Crippen LogP contribution >= 0.6 is 0 Å². The first-order valence-corrected chi connectivity index (χ1v) is 4.56. The monoisotopic (exact) mass is 227 g/mol. The molecule has 0 unspecified atom stereocenters. The quantitative estimate of drug-likeness (QED) is 0.793. The topological polar surface area (TPSA) is 47.6 Å². The lowest BCUT2D eigenvalue weighted by atomic mass is 10.2. The zero-order chi connectivity index (χ0) is 11.3. The van der Waals surface area contributed by atoms with Crippen LogP contribution in [0.2, 0.25) is 0 Å². The van der Waals surface area contributed by atoms with Crippen molar-refractivity contribution in [3.05, 3.63) is 0 Å². The third kappa shape index (κ3) is 5.46. The van der Waals surface area contributed by atoms with E-state index in [1.165, 1.54) is 0 Å². The molecule has 0 saturated carbocycles. The van der Waals surface area contributed by atoms with Gasteiger partial charge in [-0.3, -0.25) is 0 Å². The molecule has 1 rings (SSSR count). The molecule has 0 aromatic carbocycles. The van der Waals surface area contributed by atoms with Gasteiger partial charge in [0, 0.05) is 13.2 Å². The summed E-state index contributed by atoms with van der Waals surface area (Å²) < 4.78 is 44.0. The Labute approximate surface area is 84.7 Å². The molecule has 1 saturated heterocycles. The lowest BCUT2D eigenvalue weighted by Gasteiger charge is -2.11. The fraction of sp³-hybridized carbons (Fsp3) is 0.875. The predicted octanol–water partition coefficient (Wildman–Crippen LogP) is 1.45. The normalized spacial score (nSPS) is 21.4. The van der Waals surface area contributed by atoms with Gasteiger partial charge in [-0.15, -0.1) is 0 Å². The highest BCUT2D eigenvalue weighted by molar-refractivity contribution is 5.67. The third-order valence-corrected chi connectivity index (χ3v) is 1.86. The van der Waals surface area contributed by atoms with Crippen molar-refractivity contribution in [2.75, 3.05) is 19.8 Å². The van der Waals surface area contributed by atoms with Crippen LogP contribution in [0.15, 0.2) is 0 Å². The van der Waals surface area contributed by atoms with E-state index >= 15 is 0 Å². The fourth-order valence-electron chi connectivity index (χ4n) is 1.20. The van der Waals surface area contributed by atoms with E-state index in [-0.39, 0.29) is 12.6 Å². The van der Waals surface area contributed by atoms with Gasteiger partial charge in [0.25, 0.3) is 0 Å². The van der Waals surface area contributed by atoms with Gasteiger partial charge in [0.2, 0.25) is 0 Å². The Morgan fingerprint density at radius 1 is 1.53 bits per heavy atom. The van der Waals surface area contributed by atoms with Crippen LogP contribution in [0.4, 0.5) is 18.0 Å². The second kappa shape index (κ2) is 5.20. The van der Waals surface area contributed by atoms with Crippen molar-refractivity contribution in [2.24, 2.45) is 0 Å². The van der Waals surface area contributed by atoms with Crippen LogP contribution in [-0.2, 0) is 9.47 Å². The maximum Gasteiger partial charge on any atom is 0.422 e. The molecule has 0 bridgehead atoms. The van der Waals surface area contributed by atoms with Crippen LogP contribution < -0.4 is 5.32 Å². The van der Waals surface area contributed by atoms with Gasteiger partial charge in [-0.1, -0.05) is 0 Å². The first-order valence-electron chi connectivity index (χ1n) is 4.56. The summed E-state index contributed by atoms with van der Waals surface area (Å²) in [5.74, 6) is 0. The number of carbonyl (C=O) groups is 1. The van der Waals surface area contributed by atoms with Crippen LogP contribution in [0, 0.1) is 0 Å². The second-order valence-electron chi connectivity index (χ2n) is 3.21. The van der Waals surface area contributed by atoms with Crippen LogP contribution in [0.3, 0.4) is 0 Å². The molecule has 1 amide bonds. The Morgan fingerprint density at radius 2 is 2.27 bits per heavy atom. The molecule has 1 fully saturated rings. The fourth-order valence-corrected chi connectivity index (χ4v) is 1.20. The van der Waals surface area contributed by atoms with E-state index in [1.807, 2.05) is 0 Å². The van der Waals surface area contributed by atoms with Gasteiger partial charge < -0.3 is 14.8 Å². The summed E-state index contributed by atoms with van der Waals surface area (Å²) in [6.07, 6.45) is -3.95. The molecule has 1 heterocycles. The molecule has 1 aliphatic heterocycles. The molecule has 0 aromatic rings. The Balaban J connectivity index is 2.08. The lowest BCUT2D eigenvalue weighted by molar-refractivity contribution is -0.160. The van der Waals surface area contributed by atoms with E-state index in [9.17, 15) is 18.0 Å². The zero-order valence-electron chi connectivity index (χ0n) is 7.97. The first-order chi connectivity index (χ1) is 6.97. The highest BCUT2D eigenvalue weighted by atomic mass is 19.4. The van der Waals surface area contributed by atoms with Crippen molar-refractivity contribution >= 4 is 6.09 Å². The summed E-state index contributed by atoms with van der Waals surface area (Å²) in [6, 6.07) is 0. The summed E-state index contributed by atoms with van der Waals surface area (Å²) in [6.45, 7) is -0.745. The van der Waals surface area contributed by atoms with Gasteiger partial charge in [0.05, 0.1) is 6.10 Å². The molecule has 88 valence electrons. The van der Waals surface area contributed by atoms with E-state index < -0.39 is 18.9 Å². The Kier molecular flexibility index (Phi) is 4.19. The predicted molar refractivity (Wildman–Crippen MR) is 44.4 cm³/mol. The molecule has 0 spiro atoms. The lowest BCUT2D eigenvalue weighted by Crippen LogP contribution is -2.34. The van der Waals surface area contributed by atoms with Gasteiger partial charge >= 0.3 is 12.3 Å². The number of hydrogen-bond acceptors (Lipinski definition) is 3. The first kappa shape index (κ1) is 12.1. The minimum Gasteiger partial charge on any atom is -0.440 e. The molecule has 0 radical (unpaired) electrons. The minimum atomic E-state index is -4.48. The minimum absolute atomic E-state index is 0.108. The van der Waals surface area contributed by atoms with Crippen LogP contribution in [0.5, 0.6) is 0 Å². The standard InChI is InChI=1S/C8H12F3NO3/c9-8(10,11)5-15-7(13)12-4-6-2-1-3-14-6/h6H,1-5H2,(H,12,13)/t6-/m1/s1. The average molecular weight is 227 g/mol. The molecule has 1 N–H and O–H groups in total. The SMILES string of the molecule is O=C(NC[C@H]1CCCO1)OCC(F)(F)F. The largest absolute Gasteiger partial charge is 0.440 e. The van der Waals surface area contributed by atoms with Gasteiger partial charge in [-0.05, 0) is 12.8 Å². The van der Waals surface area contributed by atoms with Crippen LogP contribution in [-0.4, -0.2) is 38.1 Å². The number of hydrogen-bond donors (Lipinski definition) is 1. The smallest absolute Gasteiger partial charge is 0.422 e. The van der Waals surface area contributed by atoms with E-state index in [1.54, 1.807) is 0 Å². The number of alkyl halides is 3. The molecular weight excluding hydrogens is 215 g/mol. The van der Waals surface area contributed by atoms with Crippen molar-refractivity contribution in [1.29, 1.82) is 0 Å². The van der Waals surface area contributed by atoms with Gasteiger partial charge in [-0.2, -0.15) is 13.2 Å². The maximum absolute atomic E-state index is 11.6. The molecule has 0 aliphatic carbocycles. The molecule has 1 aliphatic rings. The summed E-state index contributed by atoms with van der Waals surface area (Å²) in [5.41, 5.74) is 0. The van der Waals surface area contributed by atoms with Gasteiger partial charge in [0.15, 0.2) is 6.61 Å². The van der Waals surface area contributed by atoms with Crippen molar-refractivity contribution in [1.82, 2.24) is 5.32 Å². The van der Waals surface area contributed by atoms with E-state index in [2.05, 4.69) is 10.1 Å². The maximum atomic E-state index is 11.6. The van der Waals surface area contributed by atoms with Crippen molar-refractivity contribution in [2.45, 2.75) is 25.1 Å². The van der Waals surface area contributed by atoms with Gasteiger partial charge in [-0.25, -0.2) is 4.79 Å². The summed E-state index contributed by atoms with van der Waals surface area (Å²) in [4.78, 5) is 10.8. The molecule has 15 heavy (non-hydrogen) atoms. The molecular formula is C8H12F3NO3. The molecule has 7 heteroatoms. The Bertz CT molecular complexity index is 214. The van der Waals surface area contributed by atoms with Crippen molar-refractivity contribution in [3.8, 4) is 0 Å². The number of halogens is 3. The van der Waals surface area contributed by atoms with Gasteiger partial charge in [0.1, 0.15) is 0 Å². The van der Waals surface area contributed by atoms with Crippen LogP contribution in [0.25, 0.3) is 0 Å². The zero-order valence-corrected chi connectivity index (χ0v) is 7.97. The van der Waals surface area contributed by atoms with Crippen molar-refractivity contribution in [3.63, 3.8) is 0 Å². The summed E-state index contributed by atoms with van der Waals surface area (Å²) >= 11 is 0. The average Bonchev–Trinajstić information content (AvgIpc) is 2.62. The molecule has 1 atom stereocenters. The Morgan fingerprint density at radius 3 is 2.80 bits per heavy atom. The summed E-state index contributed by atoms with van der Waals surface area (Å²) in [5, 5.41) is 2.21. The van der Waals surface area contributed by atoms with Crippen LogP contribution in [0.1, 0.15) is 12.8 Å². The number of alkyl carbamates (subject to hydrolysis) is 1. The highest BCUT2D eigenvalue weighted by Gasteiger charge is 2.29. The van der Waals surface area contributed by atoms with Crippen molar-refractivity contribution < 1.29 is 27.4 Å². The number of ether oxygens (including phenoxy) is 2. The molecule has 0 aromatic heterocycles. The number of nitrogens with one attached hydrogen (secondary N) is 1. The number of carbonyl (C=O) groups excluding carboxylic acids is 1. The number of amides is 1. The summed E-state index contributed by atoms with van der Waals surface area (Å²) in [7, 11) is 0. The van der Waals surface area contributed by atoms with E-state index in [4.69, 9.17) is 4.74 Å². The molecule has 4 nitrogen and oxygen atoms in total. The third-order valence-electron chi connectivity index (χ3n) is 1.86.